The molecule has 0 atom stereocenters. The molecule has 1 aromatic heterocycles. The standard InChI is InChI=1S/C18H20N2O4/c1-2-20(12-16-4-3-11-23-16)18(22)10-7-14-5-8-15(9-6-14)24-13-17(19)21/h3-11H,2,12-13H2,1H3,(H2,19,21). The normalized spacial score (nSPS) is 10.7. The van der Waals surface area contributed by atoms with Gasteiger partial charge in [-0.3, -0.25) is 9.59 Å². The number of benzene rings is 1. The van der Waals surface area contributed by atoms with E-state index < -0.39 is 5.91 Å². The van der Waals surface area contributed by atoms with E-state index in [-0.39, 0.29) is 12.5 Å². The minimum atomic E-state index is -0.527. The summed E-state index contributed by atoms with van der Waals surface area (Å²) in [6.07, 6.45) is 4.84. The summed E-state index contributed by atoms with van der Waals surface area (Å²) in [7, 11) is 0. The van der Waals surface area contributed by atoms with Gasteiger partial charge >= 0.3 is 0 Å². The SMILES string of the molecule is CCN(Cc1ccco1)C(=O)C=Cc1ccc(OCC(N)=O)cc1. The summed E-state index contributed by atoms with van der Waals surface area (Å²) in [4.78, 5) is 24.6. The van der Waals surface area contributed by atoms with Crippen molar-refractivity contribution in [2.45, 2.75) is 13.5 Å². The van der Waals surface area contributed by atoms with E-state index in [2.05, 4.69) is 0 Å². The van der Waals surface area contributed by atoms with Gasteiger partial charge in [-0.2, -0.15) is 0 Å². The quantitative estimate of drug-likeness (QED) is 0.753. The lowest BCUT2D eigenvalue weighted by atomic mass is 10.2. The fourth-order valence-electron chi connectivity index (χ4n) is 2.04. The second kappa shape index (κ2) is 8.57. The maximum atomic E-state index is 12.2. The van der Waals surface area contributed by atoms with Crippen LogP contribution in [0.1, 0.15) is 18.2 Å². The molecule has 24 heavy (non-hydrogen) atoms. The summed E-state index contributed by atoms with van der Waals surface area (Å²) in [5.74, 6) is 0.670. The van der Waals surface area contributed by atoms with Crippen molar-refractivity contribution in [2.75, 3.05) is 13.2 Å². The van der Waals surface area contributed by atoms with Crippen LogP contribution in [0.2, 0.25) is 0 Å². The van der Waals surface area contributed by atoms with Crippen molar-refractivity contribution < 1.29 is 18.7 Å². The molecule has 0 fully saturated rings. The number of nitrogens with zero attached hydrogens (tertiary/aromatic N) is 1. The van der Waals surface area contributed by atoms with Gasteiger partial charge in [0.15, 0.2) is 6.61 Å². The van der Waals surface area contributed by atoms with Crippen LogP contribution in [0.15, 0.2) is 53.2 Å². The Bertz CT molecular complexity index is 690. The molecule has 2 N–H and O–H groups in total. The van der Waals surface area contributed by atoms with Crippen molar-refractivity contribution >= 4 is 17.9 Å². The molecule has 0 spiro atoms. The van der Waals surface area contributed by atoms with E-state index in [1.165, 1.54) is 6.08 Å². The van der Waals surface area contributed by atoms with Crippen LogP contribution in [0.3, 0.4) is 0 Å². The number of hydrogen-bond donors (Lipinski definition) is 1. The van der Waals surface area contributed by atoms with Gasteiger partial charge in [0.1, 0.15) is 11.5 Å². The second-order valence-electron chi connectivity index (χ2n) is 5.09. The van der Waals surface area contributed by atoms with E-state index in [1.807, 2.05) is 13.0 Å². The number of primary amides is 1. The first kappa shape index (κ1) is 17.3. The fourth-order valence-corrected chi connectivity index (χ4v) is 2.04. The van der Waals surface area contributed by atoms with Crippen molar-refractivity contribution in [3.05, 3.63) is 60.1 Å². The highest BCUT2D eigenvalue weighted by Gasteiger charge is 2.10. The molecule has 2 aromatic rings. The molecule has 0 aliphatic carbocycles. The number of ether oxygens (including phenoxy) is 1. The van der Waals surface area contributed by atoms with Crippen LogP contribution >= 0.6 is 0 Å². The number of carbonyl (C=O) groups is 2. The van der Waals surface area contributed by atoms with Crippen LogP contribution in [-0.2, 0) is 16.1 Å². The Morgan fingerprint density at radius 2 is 2.00 bits per heavy atom. The zero-order valence-corrected chi connectivity index (χ0v) is 13.5. The molecule has 0 aliphatic rings. The zero-order chi connectivity index (χ0) is 17.4. The van der Waals surface area contributed by atoms with Gasteiger partial charge in [0.05, 0.1) is 12.8 Å². The summed E-state index contributed by atoms with van der Waals surface area (Å²) < 4.78 is 10.4. The molecule has 6 heteroatoms. The van der Waals surface area contributed by atoms with Crippen LogP contribution < -0.4 is 10.5 Å². The van der Waals surface area contributed by atoms with Crippen LogP contribution in [0.25, 0.3) is 6.08 Å². The number of hydrogen-bond acceptors (Lipinski definition) is 4. The first-order valence-corrected chi connectivity index (χ1v) is 7.59. The van der Waals surface area contributed by atoms with Crippen LogP contribution in [0, 0.1) is 0 Å². The smallest absolute Gasteiger partial charge is 0.255 e. The Morgan fingerprint density at radius 1 is 1.25 bits per heavy atom. The van der Waals surface area contributed by atoms with Gasteiger partial charge in [-0.05, 0) is 42.8 Å². The Hall–Kier alpha value is -3.02. The lowest BCUT2D eigenvalue weighted by Crippen LogP contribution is -2.28. The van der Waals surface area contributed by atoms with E-state index in [9.17, 15) is 9.59 Å². The lowest BCUT2D eigenvalue weighted by molar-refractivity contribution is -0.126. The topological polar surface area (TPSA) is 85.8 Å². The fraction of sp³-hybridized carbons (Fsp3) is 0.222. The molecule has 0 aliphatic heterocycles. The van der Waals surface area contributed by atoms with Crippen LogP contribution in [0.4, 0.5) is 0 Å². The number of nitrogens with two attached hydrogens (primary N) is 1. The van der Waals surface area contributed by atoms with Gasteiger partial charge in [-0.25, -0.2) is 0 Å². The van der Waals surface area contributed by atoms with Gasteiger partial charge in [-0.1, -0.05) is 12.1 Å². The number of rotatable bonds is 8. The maximum absolute atomic E-state index is 12.2. The minimum Gasteiger partial charge on any atom is -0.484 e. The van der Waals surface area contributed by atoms with Gasteiger partial charge < -0.3 is 19.8 Å². The highest BCUT2D eigenvalue weighted by molar-refractivity contribution is 5.91. The van der Waals surface area contributed by atoms with Crippen molar-refractivity contribution in [2.24, 2.45) is 5.73 Å². The lowest BCUT2D eigenvalue weighted by Gasteiger charge is -2.17. The first-order chi connectivity index (χ1) is 11.6. The van der Waals surface area contributed by atoms with Crippen molar-refractivity contribution in [1.82, 2.24) is 4.90 Å². The average molecular weight is 328 g/mol. The minimum absolute atomic E-state index is 0.0945. The zero-order valence-electron chi connectivity index (χ0n) is 13.5. The molecule has 126 valence electrons. The molecule has 0 saturated heterocycles. The summed E-state index contributed by atoms with van der Waals surface area (Å²) in [6.45, 7) is 2.78. The Kier molecular flexibility index (Phi) is 6.19. The van der Waals surface area contributed by atoms with E-state index in [0.29, 0.717) is 18.8 Å². The van der Waals surface area contributed by atoms with E-state index in [1.54, 1.807) is 47.6 Å². The molecule has 6 nitrogen and oxygen atoms in total. The highest BCUT2D eigenvalue weighted by atomic mass is 16.5. The van der Waals surface area contributed by atoms with Gasteiger partial charge in [0.2, 0.25) is 5.91 Å². The number of likely N-dealkylation sites (N-methyl/N-ethyl adjacent to an activating group) is 1. The van der Waals surface area contributed by atoms with Crippen LogP contribution in [-0.4, -0.2) is 29.9 Å². The summed E-state index contributed by atoms with van der Waals surface area (Å²) in [5, 5.41) is 0. The third-order valence-corrected chi connectivity index (χ3v) is 3.30. The number of carbonyl (C=O) groups excluding carboxylic acids is 2. The van der Waals surface area contributed by atoms with E-state index in [0.717, 1.165) is 11.3 Å². The molecule has 0 saturated carbocycles. The summed E-state index contributed by atoms with van der Waals surface area (Å²) >= 11 is 0. The summed E-state index contributed by atoms with van der Waals surface area (Å²) in [5.41, 5.74) is 5.87. The van der Waals surface area contributed by atoms with Gasteiger partial charge in [0.25, 0.3) is 5.91 Å². The molecular formula is C18H20N2O4. The highest BCUT2D eigenvalue weighted by Crippen LogP contribution is 2.13. The first-order valence-electron chi connectivity index (χ1n) is 7.59. The van der Waals surface area contributed by atoms with Crippen molar-refractivity contribution in [3.8, 4) is 5.75 Å². The largest absolute Gasteiger partial charge is 0.484 e. The molecule has 2 rings (SSSR count). The Labute approximate surface area is 140 Å². The third kappa shape index (κ3) is 5.31. The average Bonchev–Trinajstić information content (AvgIpc) is 3.09. The Balaban J connectivity index is 1.93. The van der Waals surface area contributed by atoms with Crippen molar-refractivity contribution in [3.63, 3.8) is 0 Å². The Morgan fingerprint density at radius 3 is 2.58 bits per heavy atom. The molecular weight excluding hydrogens is 308 g/mol. The number of furan rings is 1. The predicted molar refractivity (Wildman–Crippen MR) is 90.0 cm³/mol. The molecule has 1 heterocycles. The maximum Gasteiger partial charge on any atom is 0.255 e. The summed E-state index contributed by atoms with van der Waals surface area (Å²) in [6, 6.07) is 10.7. The van der Waals surface area contributed by atoms with Crippen LogP contribution in [0.5, 0.6) is 5.75 Å². The van der Waals surface area contributed by atoms with E-state index >= 15 is 0 Å². The predicted octanol–water partition coefficient (Wildman–Crippen LogP) is 2.21. The third-order valence-electron chi connectivity index (χ3n) is 3.30. The molecule has 1 aromatic carbocycles. The van der Waals surface area contributed by atoms with Crippen molar-refractivity contribution in [1.29, 1.82) is 0 Å². The van der Waals surface area contributed by atoms with Gasteiger partial charge in [-0.15, -0.1) is 0 Å². The number of amides is 2. The molecule has 0 radical (unpaired) electrons. The second-order valence-corrected chi connectivity index (χ2v) is 5.09. The van der Waals surface area contributed by atoms with Gasteiger partial charge in [0, 0.05) is 12.6 Å². The monoisotopic (exact) mass is 328 g/mol. The molecule has 0 bridgehead atoms. The molecule has 0 unspecified atom stereocenters. The van der Waals surface area contributed by atoms with E-state index in [4.69, 9.17) is 14.9 Å². The molecule has 2 amide bonds.